The van der Waals surface area contributed by atoms with Gasteiger partial charge in [0.25, 0.3) is 0 Å². The Bertz CT molecular complexity index is 736. The Hall–Kier alpha value is -2.08. The molecule has 6 nitrogen and oxygen atoms in total. The molecule has 0 saturated carbocycles. The van der Waals surface area contributed by atoms with Crippen LogP contribution in [-0.4, -0.2) is 65.2 Å². The highest BCUT2D eigenvalue weighted by Crippen LogP contribution is 2.27. The van der Waals surface area contributed by atoms with Crippen LogP contribution in [0, 0.1) is 6.92 Å². The minimum atomic E-state index is 0.148. The number of H-pyrrole nitrogens is 1. The molecule has 6 heteroatoms. The number of fused-ring (bicyclic) bond motifs is 1. The van der Waals surface area contributed by atoms with Gasteiger partial charge in [-0.3, -0.25) is 0 Å². The van der Waals surface area contributed by atoms with Gasteiger partial charge in [0.05, 0.1) is 24.2 Å². The molecule has 2 fully saturated rings. The van der Waals surface area contributed by atoms with Gasteiger partial charge in [0.1, 0.15) is 5.82 Å². The SMILES string of the molecule is Cc1ccc2nc(C3CCCN(C(=O)N4CCOCC4)C3)[nH]c2c1. The molecule has 0 radical (unpaired) electrons. The summed E-state index contributed by atoms with van der Waals surface area (Å²) in [5.74, 6) is 1.30. The number of imidazole rings is 1. The molecule has 4 rings (SSSR count). The van der Waals surface area contributed by atoms with Gasteiger partial charge in [-0.05, 0) is 37.5 Å². The van der Waals surface area contributed by atoms with Crippen LogP contribution in [0.5, 0.6) is 0 Å². The van der Waals surface area contributed by atoms with Crippen LogP contribution in [0.2, 0.25) is 0 Å². The van der Waals surface area contributed by atoms with Crippen molar-refractivity contribution in [3.8, 4) is 0 Å². The number of hydrogen-bond acceptors (Lipinski definition) is 3. The van der Waals surface area contributed by atoms with E-state index in [-0.39, 0.29) is 11.9 Å². The molecule has 0 aliphatic carbocycles. The molecule has 0 bridgehead atoms. The van der Waals surface area contributed by atoms with E-state index < -0.39 is 0 Å². The van der Waals surface area contributed by atoms with Gasteiger partial charge < -0.3 is 19.5 Å². The van der Waals surface area contributed by atoms with Crippen LogP contribution in [-0.2, 0) is 4.74 Å². The van der Waals surface area contributed by atoms with Crippen LogP contribution in [0.25, 0.3) is 11.0 Å². The van der Waals surface area contributed by atoms with Crippen LogP contribution in [0.15, 0.2) is 18.2 Å². The van der Waals surface area contributed by atoms with Crippen molar-refractivity contribution in [3.63, 3.8) is 0 Å². The van der Waals surface area contributed by atoms with Crippen LogP contribution < -0.4 is 0 Å². The molecule has 2 saturated heterocycles. The second-order valence-corrected chi connectivity index (χ2v) is 6.81. The molecule has 1 atom stereocenters. The Labute approximate surface area is 141 Å². The smallest absolute Gasteiger partial charge is 0.320 e. The number of nitrogens with one attached hydrogen (secondary N) is 1. The van der Waals surface area contributed by atoms with Gasteiger partial charge in [0, 0.05) is 32.1 Å². The van der Waals surface area contributed by atoms with Gasteiger partial charge in [0.2, 0.25) is 0 Å². The summed E-state index contributed by atoms with van der Waals surface area (Å²) in [5.41, 5.74) is 3.32. The topological polar surface area (TPSA) is 61.5 Å². The summed E-state index contributed by atoms with van der Waals surface area (Å²) in [5, 5.41) is 0. The molecule has 128 valence electrons. The third-order valence-corrected chi connectivity index (χ3v) is 5.02. The number of aromatic amines is 1. The average Bonchev–Trinajstić information content (AvgIpc) is 3.05. The zero-order chi connectivity index (χ0) is 16.5. The minimum Gasteiger partial charge on any atom is -0.378 e. The first-order chi connectivity index (χ1) is 11.7. The fourth-order valence-electron chi connectivity index (χ4n) is 3.67. The van der Waals surface area contributed by atoms with Crippen molar-refractivity contribution in [1.82, 2.24) is 19.8 Å². The third kappa shape index (κ3) is 2.98. The van der Waals surface area contributed by atoms with Gasteiger partial charge in [-0.2, -0.15) is 0 Å². The first-order valence-electron chi connectivity index (χ1n) is 8.78. The average molecular weight is 328 g/mol. The maximum atomic E-state index is 12.7. The Morgan fingerprint density at radius 2 is 2.08 bits per heavy atom. The highest BCUT2D eigenvalue weighted by molar-refractivity contribution is 5.76. The quantitative estimate of drug-likeness (QED) is 0.875. The van der Waals surface area contributed by atoms with Crippen molar-refractivity contribution in [1.29, 1.82) is 0 Å². The van der Waals surface area contributed by atoms with E-state index in [0.717, 1.165) is 42.8 Å². The normalized spacial score (nSPS) is 22.1. The summed E-state index contributed by atoms with van der Waals surface area (Å²) in [4.78, 5) is 24.8. The lowest BCUT2D eigenvalue weighted by atomic mass is 9.97. The number of amides is 2. The number of likely N-dealkylation sites (tertiary alicyclic amines) is 1. The van der Waals surface area contributed by atoms with E-state index in [4.69, 9.17) is 9.72 Å². The Morgan fingerprint density at radius 1 is 1.25 bits per heavy atom. The van der Waals surface area contributed by atoms with E-state index in [1.54, 1.807) is 0 Å². The first kappa shape index (κ1) is 15.4. The van der Waals surface area contributed by atoms with Crippen LogP contribution in [0.1, 0.15) is 30.1 Å². The molecule has 1 unspecified atom stereocenters. The van der Waals surface area contributed by atoms with Gasteiger partial charge in [0.15, 0.2) is 0 Å². The number of benzene rings is 1. The molecule has 2 aromatic rings. The van der Waals surface area contributed by atoms with Gasteiger partial charge in [-0.25, -0.2) is 9.78 Å². The summed E-state index contributed by atoms with van der Waals surface area (Å²) in [6.45, 7) is 6.36. The van der Waals surface area contributed by atoms with Gasteiger partial charge in [-0.1, -0.05) is 6.07 Å². The number of nitrogens with zero attached hydrogens (tertiary/aromatic N) is 3. The number of hydrogen-bond donors (Lipinski definition) is 1. The van der Waals surface area contributed by atoms with E-state index >= 15 is 0 Å². The number of aryl methyl sites for hydroxylation is 1. The third-order valence-electron chi connectivity index (χ3n) is 5.02. The Balaban J connectivity index is 1.50. The number of piperidine rings is 1. The molecule has 1 N–H and O–H groups in total. The van der Waals surface area contributed by atoms with Crippen molar-refractivity contribution < 1.29 is 9.53 Å². The van der Waals surface area contributed by atoms with Crippen LogP contribution >= 0.6 is 0 Å². The molecular weight excluding hydrogens is 304 g/mol. The zero-order valence-electron chi connectivity index (χ0n) is 14.1. The van der Waals surface area contributed by atoms with Crippen molar-refractivity contribution in [2.24, 2.45) is 0 Å². The van der Waals surface area contributed by atoms with Crippen molar-refractivity contribution in [3.05, 3.63) is 29.6 Å². The van der Waals surface area contributed by atoms with Crippen molar-refractivity contribution in [2.75, 3.05) is 39.4 Å². The summed E-state index contributed by atoms with van der Waals surface area (Å²) >= 11 is 0. The minimum absolute atomic E-state index is 0.148. The number of ether oxygens (including phenoxy) is 1. The highest BCUT2D eigenvalue weighted by atomic mass is 16.5. The first-order valence-corrected chi connectivity index (χ1v) is 8.78. The van der Waals surface area contributed by atoms with Gasteiger partial charge in [-0.15, -0.1) is 0 Å². The molecule has 1 aromatic heterocycles. The summed E-state index contributed by atoms with van der Waals surface area (Å²) in [7, 11) is 0. The van der Waals surface area contributed by atoms with E-state index in [0.29, 0.717) is 26.3 Å². The maximum absolute atomic E-state index is 12.7. The Kier molecular flexibility index (Phi) is 4.14. The number of carbonyl (C=O) groups excluding carboxylic acids is 1. The molecule has 2 aliphatic rings. The number of rotatable bonds is 1. The fraction of sp³-hybridized carbons (Fsp3) is 0.556. The monoisotopic (exact) mass is 328 g/mol. The molecule has 1 aromatic carbocycles. The van der Waals surface area contributed by atoms with E-state index in [1.807, 2.05) is 9.80 Å². The highest BCUT2D eigenvalue weighted by Gasteiger charge is 2.30. The van der Waals surface area contributed by atoms with Crippen LogP contribution in [0.3, 0.4) is 0 Å². The summed E-state index contributed by atoms with van der Waals surface area (Å²) in [6, 6.07) is 6.42. The summed E-state index contributed by atoms with van der Waals surface area (Å²) in [6.07, 6.45) is 2.10. The van der Waals surface area contributed by atoms with Crippen molar-refractivity contribution in [2.45, 2.75) is 25.7 Å². The van der Waals surface area contributed by atoms with Crippen LogP contribution in [0.4, 0.5) is 4.79 Å². The fourth-order valence-corrected chi connectivity index (χ4v) is 3.67. The molecule has 3 heterocycles. The summed E-state index contributed by atoms with van der Waals surface area (Å²) < 4.78 is 5.34. The molecule has 2 amide bonds. The number of urea groups is 1. The van der Waals surface area contributed by atoms with E-state index in [9.17, 15) is 4.79 Å². The number of aromatic nitrogens is 2. The zero-order valence-corrected chi connectivity index (χ0v) is 14.1. The molecule has 0 spiro atoms. The standard InChI is InChI=1S/C18H24N4O2/c1-13-4-5-15-16(11-13)20-17(19-15)14-3-2-6-22(12-14)18(23)21-7-9-24-10-8-21/h4-5,11,14H,2-3,6-10,12H2,1H3,(H,19,20). The second-order valence-electron chi connectivity index (χ2n) is 6.81. The van der Waals surface area contributed by atoms with E-state index in [2.05, 4.69) is 30.1 Å². The second kappa shape index (κ2) is 6.43. The molecular formula is C18H24N4O2. The molecule has 24 heavy (non-hydrogen) atoms. The van der Waals surface area contributed by atoms with Gasteiger partial charge >= 0.3 is 6.03 Å². The maximum Gasteiger partial charge on any atom is 0.320 e. The van der Waals surface area contributed by atoms with E-state index in [1.165, 1.54) is 5.56 Å². The Morgan fingerprint density at radius 3 is 2.92 bits per heavy atom. The lowest BCUT2D eigenvalue weighted by molar-refractivity contribution is 0.0407. The van der Waals surface area contributed by atoms with Crippen molar-refractivity contribution >= 4 is 17.1 Å². The largest absolute Gasteiger partial charge is 0.378 e. The molecule has 2 aliphatic heterocycles. The predicted octanol–water partition coefficient (Wildman–Crippen LogP) is 2.50. The number of morpholine rings is 1. The lowest BCUT2D eigenvalue weighted by Gasteiger charge is -2.37. The lowest BCUT2D eigenvalue weighted by Crippen LogP contribution is -2.50. The number of carbonyl (C=O) groups is 1. The predicted molar refractivity (Wildman–Crippen MR) is 92.2 cm³/mol.